The molecule has 0 amide bonds. The third-order valence-corrected chi connectivity index (χ3v) is 2.21. The van der Waals surface area contributed by atoms with E-state index in [-0.39, 0.29) is 13.4 Å². The van der Waals surface area contributed by atoms with Crippen LogP contribution in [-0.4, -0.2) is 24.0 Å². The number of methoxy groups -OCH3 is 1. The van der Waals surface area contributed by atoms with Gasteiger partial charge in [0.15, 0.2) is 6.79 Å². The van der Waals surface area contributed by atoms with Gasteiger partial charge in [-0.1, -0.05) is 0 Å². The molecule has 1 heterocycles. The Morgan fingerprint density at radius 2 is 2.27 bits per heavy atom. The summed E-state index contributed by atoms with van der Waals surface area (Å²) in [7, 11) is 1.57. The number of hydrogen-bond donors (Lipinski definition) is 2. The van der Waals surface area contributed by atoms with Crippen molar-refractivity contribution in [3.63, 3.8) is 0 Å². The summed E-state index contributed by atoms with van der Waals surface area (Å²) >= 11 is 0. The lowest BCUT2D eigenvalue weighted by atomic mass is 10.1. The van der Waals surface area contributed by atoms with Crippen molar-refractivity contribution < 1.29 is 14.6 Å². The molecule has 4 nitrogen and oxygen atoms in total. The summed E-state index contributed by atoms with van der Waals surface area (Å²) in [4.78, 5) is 3.08. The first kappa shape index (κ1) is 10.0. The Hall–Kier alpha value is -1.52. The molecule has 15 heavy (non-hydrogen) atoms. The molecule has 0 spiro atoms. The standard InChI is InChI=1S/C11H13NO3/c1-14-7-15-11-5-8(6-13)4-10-9(11)2-3-12-10/h2-5,12-13H,6-7H2,1H3. The molecule has 2 rings (SSSR count). The van der Waals surface area contributed by atoms with Crippen molar-refractivity contribution in [2.75, 3.05) is 13.9 Å². The minimum Gasteiger partial charge on any atom is -0.467 e. The van der Waals surface area contributed by atoms with Gasteiger partial charge in [-0.05, 0) is 23.8 Å². The lowest BCUT2D eigenvalue weighted by molar-refractivity contribution is 0.0521. The Labute approximate surface area is 87.4 Å². The molecule has 4 heteroatoms. The predicted molar refractivity (Wildman–Crippen MR) is 56.7 cm³/mol. The van der Waals surface area contributed by atoms with Gasteiger partial charge in [-0.15, -0.1) is 0 Å². The van der Waals surface area contributed by atoms with Gasteiger partial charge in [0.1, 0.15) is 5.75 Å². The Morgan fingerprint density at radius 3 is 3.00 bits per heavy atom. The number of aliphatic hydroxyl groups excluding tert-OH is 1. The van der Waals surface area contributed by atoms with Crippen molar-refractivity contribution in [3.8, 4) is 5.75 Å². The average molecular weight is 207 g/mol. The molecule has 0 fully saturated rings. The maximum absolute atomic E-state index is 9.08. The first-order chi connectivity index (χ1) is 7.35. The second-order valence-electron chi connectivity index (χ2n) is 3.24. The topological polar surface area (TPSA) is 54.5 Å². The van der Waals surface area contributed by atoms with Crippen LogP contribution in [0.15, 0.2) is 24.4 Å². The molecule has 0 aliphatic carbocycles. The quantitative estimate of drug-likeness (QED) is 0.749. The van der Waals surface area contributed by atoms with Crippen LogP contribution in [-0.2, 0) is 11.3 Å². The lowest BCUT2D eigenvalue weighted by Crippen LogP contribution is -1.99. The molecule has 0 bridgehead atoms. The van der Waals surface area contributed by atoms with Crippen molar-refractivity contribution in [3.05, 3.63) is 30.0 Å². The summed E-state index contributed by atoms with van der Waals surface area (Å²) < 4.78 is 10.3. The molecule has 0 aliphatic rings. The van der Waals surface area contributed by atoms with E-state index in [1.54, 1.807) is 7.11 Å². The summed E-state index contributed by atoms with van der Waals surface area (Å²) in [5.74, 6) is 0.722. The predicted octanol–water partition coefficient (Wildman–Crippen LogP) is 1.64. The Balaban J connectivity index is 2.43. The van der Waals surface area contributed by atoms with E-state index in [1.165, 1.54) is 0 Å². The van der Waals surface area contributed by atoms with E-state index in [1.807, 2.05) is 24.4 Å². The molecular formula is C11H13NO3. The van der Waals surface area contributed by atoms with Gasteiger partial charge in [0.05, 0.1) is 6.61 Å². The number of fused-ring (bicyclic) bond motifs is 1. The first-order valence-electron chi connectivity index (χ1n) is 4.67. The Bertz CT molecular complexity index is 450. The van der Waals surface area contributed by atoms with Crippen molar-refractivity contribution >= 4 is 10.9 Å². The van der Waals surface area contributed by atoms with Crippen LogP contribution in [0.4, 0.5) is 0 Å². The second-order valence-corrected chi connectivity index (χ2v) is 3.24. The minimum absolute atomic E-state index is 0.00168. The van der Waals surface area contributed by atoms with E-state index in [4.69, 9.17) is 14.6 Å². The second kappa shape index (κ2) is 4.33. The van der Waals surface area contributed by atoms with Gasteiger partial charge < -0.3 is 19.6 Å². The zero-order valence-corrected chi connectivity index (χ0v) is 8.49. The van der Waals surface area contributed by atoms with Crippen LogP contribution in [0.2, 0.25) is 0 Å². The van der Waals surface area contributed by atoms with Crippen LogP contribution in [0.5, 0.6) is 5.75 Å². The molecule has 0 unspecified atom stereocenters. The summed E-state index contributed by atoms with van der Waals surface area (Å²) in [6.45, 7) is 0.202. The maximum atomic E-state index is 9.08. The SMILES string of the molecule is COCOc1cc(CO)cc2[nH]ccc12. The Kier molecular flexibility index (Phi) is 2.89. The van der Waals surface area contributed by atoms with Crippen LogP contribution in [0.3, 0.4) is 0 Å². The number of aliphatic hydroxyl groups is 1. The van der Waals surface area contributed by atoms with E-state index < -0.39 is 0 Å². The van der Waals surface area contributed by atoms with Gasteiger partial charge in [-0.2, -0.15) is 0 Å². The highest BCUT2D eigenvalue weighted by atomic mass is 16.7. The summed E-state index contributed by atoms with van der Waals surface area (Å²) in [5.41, 5.74) is 1.77. The highest BCUT2D eigenvalue weighted by Gasteiger charge is 2.05. The third-order valence-electron chi connectivity index (χ3n) is 2.21. The highest BCUT2D eigenvalue weighted by molar-refractivity contribution is 5.86. The number of H-pyrrole nitrogens is 1. The molecule has 2 aromatic rings. The molecule has 0 atom stereocenters. The van der Waals surface area contributed by atoms with Crippen LogP contribution < -0.4 is 4.74 Å². The summed E-state index contributed by atoms with van der Waals surface area (Å²) in [5, 5.41) is 10.1. The van der Waals surface area contributed by atoms with Gasteiger partial charge in [-0.25, -0.2) is 0 Å². The number of benzene rings is 1. The fourth-order valence-electron chi connectivity index (χ4n) is 1.52. The van der Waals surface area contributed by atoms with Gasteiger partial charge in [-0.3, -0.25) is 0 Å². The number of hydrogen-bond acceptors (Lipinski definition) is 3. The van der Waals surface area contributed by atoms with E-state index in [0.717, 1.165) is 22.2 Å². The normalized spacial score (nSPS) is 10.8. The van der Waals surface area contributed by atoms with Gasteiger partial charge in [0.2, 0.25) is 0 Å². The van der Waals surface area contributed by atoms with E-state index >= 15 is 0 Å². The number of rotatable bonds is 4. The third kappa shape index (κ3) is 1.95. The fraction of sp³-hybridized carbons (Fsp3) is 0.273. The fourth-order valence-corrected chi connectivity index (χ4v) is 1.52. The Morgan fingerprint density at radius 1 is 1.40 bits per heavy atom. The number of ether oxygens (including phenoxy) is 2. The average Bonchev–Trinajstić information content (AvgIpc) is 2.73. The van der Waals surface area contributed by atoms with E-state index in [2.05, 4.69) is 4.98 Å². The van der Waals surface area contributed by atoms with Gasteiger partial charge in [0.25, 0.3) is 0 Å². The zero-order chi connectivity index (χ0) is 10.7. The summed E-state index contributed by atoms with van der Waals surface area (Å²) in [6, 6.07) is 5.64. The molecule has 0 saturated heterocycles. The first-order valence-corrected chi connectivity index (χ1v) is 4.67. The van der Waals surface area contributed by atoms with Crippen molar-refractivity contribution in [2.45, 2.75) is 6.61 Å². The van der Waals surface area contributed by atoms with Gasteiger partial charge >= 0.3 is 0 Å². The maximum Gasteiger partial charge on any atom is 0.188 e. The summed E-state index contributed by atoms with van der Waals surface area (Å²) in [6.07, 6.45) is 1.84. The van der Waals surface area contributed by atoms with Gasteiger partial charge in [0, 0.05) is 24.2 Å². The molecule has 0 saturated carbocycles. The van der Waals surface area contributed by atoms with Crippen LogP contribution in [0, 0.1) is 0 Å². The van der Waals surface area contributed by atoms with Crippen LogP contribution >= 0.6 is 0 Å². The minimum atomic E-state index is -0.00168. The molecule has 1 aromatic carbocycles. The van der Waals surface area contributed by atoms with E-state index in [9.17, 15) is 0 Å². The zero-order valence-electron chi connectivity index (χ0n) is 8.49. The van der Waals surface area contributed by atoms with Crippen LogP contribution in [0.25, 0.3) is 10.9 Å². The van der Waals surface area contributed by atoms with Crippen molar-refractivity contribution in [2.24, 2.45) is 0 Å². The smallest absolute Gasteiger partial charge is 0.188 e. The monoisotopic (exact) mass is 207 g/mol. The van der Waals surface area contributed by atoms with Crippen molar-refractivity contribution in [1.82, 2.24) is 4.98 Å². The van der Waals surface area contributed by atoms with Crippen molar-refractivity contribution in [1.29, 1.82) is 0 Å². The number of aromatic nitrogens is 1. The molecule has 0 aliphatic heterocycles. The molecule has 1 aromatic heterocycles. The number of aromatic amines is 1. The molecular weight excluding hydrogens is 194 g/mol. The van der Waals surface area contributed by atoms with E-state index in [0.29, 0.717) is 0 Å². The largest absolute Gasteiger partial charge is 0.467 e. The molecule has 80 valence electrons. The number of nitrogens with one attached hydrogen (secondary N) is 1. The molecule has 0 radical (unpaired) electrons. The van der Waals surface area contributed by atoms with Crippen LogP contribution in [0.1, 0.15) is 5.56 Å². The lowest BCUT2D eigenvalue weighted by Gasteiger charge is -2.07. The highest BCUT2D eigenvalue weighted by Crippen LogP contribution is 2.26. The molecule has 2 N–H and O–H groups in total.